The summed E-state index contributed by atoms with van der Waals surface area (Å²) in [5.74, 6) is 1.51. The largest absolute Gasteiger partial charge is 0.370 e. The quantitative estimate of drug-likeness (QED) is 0.493. The lowest BCUT2D eigenvalue weighted by Crippen LogP contribution is -2.32. The normalized spacial score (nSPS) is 15.3. The zero-order chi connectivity index (χ0) is 15.2. The number of aromatic nitrogens is 1. The maximum atomic E-state index is 5.87. The van der Waals surface area contributed by atoms with Crippen LogP contribution < -0.4 is 16.0 Å². The maximum absolute atomic E-state index is 5.87. The number of nitrogens with zero attached hydrogens (tertiary/aromatic N) is 3. The molecule has 21 heavy (non-hydrogen) atoms. The molecule has 0 spiro atoms. The van der Waals surface area contributed by atoms with E-state index in [4.69, 9.17) is 5.73 Å². The second-order valence-corrected chi connectivity index (χ2v) is 5.64. The lowest BCUT2D eigenvalue weighted by atomic mass is 10.2. The first-order valence-corrected chi connectivity index (χ1v) is 7.46. The third kappa shape index (κ3) is 4.48. The fourth-order valence-electron chi connectivity index (χ4n) is 2.37. The van der Waals surface area contributed by atoms with Crippen LogP contribution in [0.3, 0.4) is 0 Å². The molecule has 3 N–H and O–H groups in total. The molecule has 1 saturated heterocycles. The number of aliphatic imine (C=N–C) groups is 1. The molecule has 0 saturated carbocycles. The first-order valence-electron chi connectivity index (χ1n) is 7.46. The highest BCUT2D eigenvalue weighted by Gasteiger charge is 2.17. The van der Waals surface area contributed by atoms with E-state index in [1.807, 2.05) is 19.9 Å². The van der Waals surface area contributed by atoms with Crippen molar-refractivity contribution in [3.8, 4) is 0 Å². The Bertz CT molecular complexity index is 529. The van der Waals surface area contributed by atoms with Crippen LogP contribution in [0, 0.1) is 6.92 Å². The molecule has 1 aliphatic heterocycles. The van der Waals surface area contributed by atoms with Gasteiger partial charge in [0.15, 0.2) is 5.96 Å². The van der Waals surface area contributed by atoms with Crippen LogP contribution >= 0.6 is 0 Å². The van der Waals surface area contributed by atoms with Gasteiger partial charge in [0.05, 0.1) is 6.54 Å². The summed E-state index contributed by atoms with van der Waals surface area (Å²) in [6.45, 7) is 11.2. The van der Waals surface area contributed by atoms with Crippen molar-refractivity contribution in [2.45, 2.75) is 33.2 Å². The number of guanidine groups is 1. The van der Waals surface area contributed by atoms with E-state index < -0.39 is 0 Å². The molecule has 1 fully saturated rings. The van der Waals surface area contributed by atoms with Gasteiger partial charge >= 0.3 is 0 Å². The Kier molecular flexibility index (Phi) is 5.20. The van der Waals surface area contributed by atoms with Gasteiger partial charge in [-0.1, -0.05) is 18.2 Å². The van der Waals surface area contributed by atoms with Crippen LogP contribution in [0.1, 0.15) is 31.0 Å². The third-order valence-corrected chi connectivity index (χ3v) is 3.49. The average Bonchev–Trinajstić information content (AvgIpc) is 2.97. The molecule has 114 valence electrons. The van der Waals surface area contributed by atoms with Gasteiger partial charge in [0.1, 0.15) is 5.82 Å². The summed E-state index contributed by atoms with van der Waals surface area (Å²) in [4.78, 5) is 11.4. The van der Waals surface area contributed by atoms with Crippen molar-refractivity contribution in [1.29, 1.82) is 0 Å². The van der Waals surface area contributed by atoms with E-state index in [2.05, 4.69) is 32.8 Å². The summed E-state index contributed by atoms with van der Waals surface area (Å²) in [5.41, 5.74) is 9.06. The Morgan fingerprint density at radius 2 is 2.14 bits per heavy atom. The zero-order valence-corrected chi connectivity index (χ0v) is 13.0. The minimum Gasteiger partial charge on any atom is -0.370 e. The molecule has 1 aromatic rings. The monoisotopic (exact) mass is 287 g/mol. The van der Waals surface area contributed by atoms with Gasteiger partial charge in [-0.15, -0.1) is 0 Å². The van der Waals surface area contributed by atoms with Crippen molar-refractivity contribution in [3.63, 3.8) is 0 Å². The molecule has 0 aromatic carbocycles. The summed E-state index contributed by atoms with van der Waals surface area (Å²) >= 11 is 0. The number of rotatable bonds is 5. The Hall–Kier alpha value is -2.04. The molecule has 1 aliphatic rings. The molecule has 0 bridgehead atoms. The van der Waals surface area contributed by atoms with Gasteiger partial charge in [-0.05, 0) is 32.8 Å². The molecule has 0 radical (unpaired) electrons. The fraction of sp³-hybridized carbons (Fsp3) is 0.500. The maximum Gasteiger partial charge on any atom is 0.189 e. The lowest BCUT2D eigenvalue weighted by molar-refractivity contribution is 0.889. The van der Waals surface area contributed by atoms with Gasteiger partial charge in [0.25, 0.3) is 0 Å². The average molecular weight is 287 g/mol. The molecule has 1 aromatic heterocycles. The topological polar surface area (TPSA) is 66.5 Å². The van der Waals surface area contributed by atoms with Crippen LogP contribution in [-0.4, -0.2) is 30.6 Å². The summed E-state index contributed by atoms with van der Waals surface area (Å²) < 4.78 is 0. The predicted molar refractivity (Wildman–Crippen MR) is 88.6 cm³/mol. The van der Waals surface area contributed by atoms with Crippen LogP contribution in [0.4, 0.5) is 5.82 Å². The van der Waals surface area contributed by atoms with Crippen LogP contribution in [0.25, 0.3) is 0 Å². The Labute approximate surface area is 127 Å². The number of hydrogen-bond donors (Lipinski definition) is 2. The predicted octanol–water partition coefficient (Wildman–Crippen LogP) is 1.97. The molecule has 0 aliphatic carbocycles. The number of hydrogen-bond acceptors (Lipinski definition) is 3. The van der Waals surface area contributed by atoms with Crippen LogP contribution in [-0.2, 0) is 6.54 Å². The summed E-state index contributed by atoms with van der Waals surface area (Å²) in [5, 5.41) is 3.05. The van der Waals surface area contributed by atoms with Crippen molar-refractivity contribution in [2.75, 3.05) is 24.5 Å². The van der Waals surface area contributed by atoms with E-state index in [9.17, 15) is 0 Å². The molecular weight excluding hydrogens is 262 g/mol. The van der Waals surface area contributed by atoms with Crippen molar-refractivity contribution in [1.82, 2.24) is 10.3 Å². The van der Waals surface area contributed by atoms with Crippen molar-refractivity contribution in [2.24, 2.45) is 10.7 Å². The highest BCUT2D eigenvalue weighted by Crippen LogP contribution is 2.23. The van der Waals surface area contributed by atoms with Crippen LogP contribution in [0.2, 0.25) is 0 Å². The Balaban J connectivity index is 2.08. The Morgan fingerprint density at radius 3 is 2.81 bits per heavy atom. The van der Waals surface area contributed by atoms with Crippen molar-refractivity contribution in [3.05, 3.63) is 35.5 Å². The van der Waals surface area contributed by atoms with Crippen molar-refractivity contribution < 1.29 is 0 Å². The molecule has 2 heterocycles. The SMILES string of the molecule is C=C(C)CNC(N)=NCc1ccc(C)nc1N1CCCC1. The van der Waals surface area contributed by atoms with Gasteiger partial charge in [0, 0.05) is 30.9 Å². The first kappa shape index (κ1) is 15.4. The van der Waals surface area contributed by atoms with Gasteiger partial charge in [-0.3, -0.25) is 0 Å². The van der Waals surface area contributed by atoms with Crippen molar-refractivity contribution >= 4 is 11.8 Å². The standard InChI is InChI=1S/C16H25N5/c1-12(2)10-18-16(17)19-11-14-7-6-13(3)20-15(14)21-8-4-5-9-21/h6-7H,1,4-5,8-11H2,2-3H3,(H3,17,18,19). The minimum absolute atomic E-state index is 0.450. The number of nitrogens with one attached hydrogen (secondary N) is 1. The van der Waals surface area contributed by atoms with Gasteiger partial charge in [-0.2, -0.15) is 0 Å². The van der Waals surface area contributed by atoms with E-state index in [1.165, 1.54) is 12.8 Å². The number of nitrogens with two attached hydrogens (primary N) is 1. The Morgan fingerprint density at radius 1 is 1.43 bits per heavy atom. The second-order valence-electron chi connectivity index (χ2n) is 5.64. The molecule has 5 nitrogen and oxygen atoms in total. The number of pyridine rings is 1. The van der Waals surface area contributed by atoms with Gasteiger partial charge < -0.3 is 16.0 Å². The second kappa shape index (κ2) is 7.11. The van der Waals surface area contributed by atoms with Crippen LogP contribution in [0.15, 0.2) is 29.3 Å². The summed E-state index contributed by atoms with van der Waals surface area (Å²) in [7, 11) is 0. The molecule has 5 heteroatoms. The van der Waals surface area contributed by atoms with E-state index in [1.54, 1.807) is 0 Å². The molecule has 0 amide bonds. The summed E-state index contributed by atoms with van der Waals surface area (Å²) in [6.07, 6.45) is 2.47. The van der Waals surface area contributed by atoms with E-state index >= 15 is 0 Å². The van der Waals surface area contributed by atoms with E-state index in [-0.39, 0.29) is 0 Å². The minimum atomic E-state index is 0.450. The molecule has 0 unspecified atom stereocenters. The molecule has 0 atom stereocenters. The highest BCUT2D eigenvalue weighted by atomic mass is 15.2. The molecule has 2 rings (SSSR count). The van der Waals surface area contributed by atoms with Gasteiger partial charge in [0.2, 0.25) is 0 Å². The number of anilines is 1. The zero-order valence-electron chi connectivity index (χ0n) is 13.0. The summed E-state index contributed by atoms with van der Waals surface area (Å²) in [6, 6.07) is 4.13. The lowest BCUT2D eigenvalue weighted by Gasteiger charge is -2.20. The third-order valence-electron chi connectivity index (χ3n) is 3.49. The highest BCUT2D eigenvalue weighted by molar-refractivity contribution is 5.78. The smallest absolute Gasteiger partial charge is 0.189 e. The fourth-order valence-corrected chi connectivity index (χ4v) is 2.37. The van der Waals surface area contributed by atoms with E-state index in [0.717, 1.165) is 35.7 Å². The van der Waals surface area contributed by atoms with E-state index in [0.29, 0.717) is 19.0 Å². The molecular formula is C16H25N5. The van der Waals surface area contributed by atoms with Crippen LogP contribution in [0.5, 0.6) is 0 Å². The number of aryl methyl sites for hydroxylation is 1. The first-order chi connectivity index (χ1) is 10.1. The van der Waals surface area contributed by atoms with Gasteiger partial charge in [-0.25, -0.2) is 9.98 Å².